The van der Waals surface area contributed by atoms with Crippen LogP contribution in [0.4, 0.5) is 15.2 Å². The third-order valence-corrected chi connectivity index (χ3v) is 17.6. The number of benzene rings is 4. The Morgan fingerprint density at radius 3 is 2.51 bits per heavy atom. The number of carboxylic acid groups (broad SMARTS) is 1. The number of hydrogen-bond acceptors (Lipinski definition) is 19. The second-order valence-corrected chi connectivity index (χ2v) is 23.4. The number of aromatic nitrogens is 5. The summed E-state index contributed by atoms with van der Waals surface area (Å²) in [6.07, 6.45) is 4.52. The fourth-order valence-electron chi connectivity index (χ4n) is 10.9. The molecule has 2 saturated heterocycles. The quantitative estimate of drug-likeness (QED) is 0.0229. The zero-order valence-electron chi connectivity index (χ0n) is 47.5. The number of piperazine rings is 1. The molecule has 0 radical (unpaired) electrons. The zero-order valence-corrected chi connectivity index (χ0v) is 49.1. The number of aryl methyl sites for hydroxylation is 2. The first kappa shape index (κ1) is 62.3. The van der Waals surface area contributed by atoms with Gasteiger partial charge in [0.15, 0.2) is 28.2 Å². The largest absolute Gasteiger partial charge is 0.491 e. The van der Waals surface area contributed by atoms with Crippen molar-refractivity contribution >= 4 is 85.0 Å². The summed E-state index contributed by atoms with van der Waals surface area (Å²) in [6, 6.07) is 22.0. The number of hydrogen-bond donors (Lipinski definition) is 3. The molecule has 0 aliphatic carbocycles. The molecule has 11 rings (SSSR count). The first-order valence-corrected chi connectivity index (χ1v) is 30.5. The number of nitrogens with one attached hydrogen (secondary N) is 2. The number of ketones is 1. The van der Waals surface area contributed by atoms with Crippen LogP contribution in [0.25, 0.3) is 10.2 Å². The van der Waals surface area contributed by atoms with E-state index >= 15 is 4.39 Å². The SMILES string of the molecule is C.O=C1CCC(N2C(=O)c3cccc(NCCOCCOCc4cn(CCCC(=O)N5CCN(CC#Cc6ccc(OCCCc7sc(N8CCc9cccc(C(=O)Cc%10nc%11ccccc%11s%10)c9C8)nc7C(=O)O)c(F)c6)CC5)nn4)c3C2=O)C(=O)N1. The second kappa shape index (κ2) is 28.8. The van der Waals surface area contributed by atoms with Crippen LogP contribution in [0.2, 0.25) is 0 Å². The Balaban J connectivity index is 0.00000855. The molecule has 22 nitrogen and oxygen atoms in total. The fourth-order valence-corrected chi connectivity index (χ4v) is 13.0. The number of Topliss-reactive ketones (excluding diaryl/α,β-unsaturated/α-hetero) is 1. The van der Waals surface area contributed by atoms with Crippen molar-refractivity contribution < 1.29 is 57.3 Å². The van der Waals surface area contributed by atoms with Gasteiger partial charge in [0, 0.05) is 86.9 Å². The molecular formula is C63H66FN11O11S2. The summed E-state index contributed by atoms with van der Waals surface area (Å²) < 4.78 is 35.1. The van der Waals surface area contributed by atoms with Gasteiger partial charge in [-0.2, -0.15) is 0 Å². The minimum Gasteiger partial charge on any atom is -0.491 e. The zero-order chi connectivity index (χ0) is 60.4. The van der Waals surface area contributed by atoms with Gasteiger partial charge in [0.25, 0.3) is 11.8 Å². The van der Waals surface area contributed by atoms with Crippen molar-refractivity contribution in [1.29, 1.82) is 0 Å². The Bertz CT molecular complexity index is 3800. The van der Waals surface area contributed by atoms with E-state index in [4.69, 9.17) is 14.2 Å². The van der Waals surface area contributed by atoms with Crippen LogP contribution in [0.15, 0.2) is 85.1 Å². The van der Waals surface area contributed by atoms with Crippen LogP contribution in [0, 0.1) is 17.7 Å². The number of thiazole rings is 2. The maximum Gasteiger partial charge on any atom is 0.355 e. The van der Waals surface area contributed by atoms with E-state index in [0.29, 0.717) is 137 Å². The molecule has 1 atom stereocenters. The number of rotatable bonds is 25. The van der Waals surface area contributed by atoms with Gasteiger partial charge < -0.3 is 34.4 Å². The molecule has 88 heavy (non-hydrogen) atoms. The average molecular weight is 1240 g/mol. The van der Waals surface area contributed by atoms with Crippen molar-refractivity contribution in [2.75, 3.05) is 82.5 Å². The lowest BCUT2D eigenvalue weighted by Crippen LogP contribution is -2.54. The van der Waals surface area contributed by atoms with Crippen LogP contribution >= 0.6 is 22.7 Å². The summed E-state index contributed by atoms with van der Waals surface area (Å²) in [6.45, 7) is 6.07. The number of carbonyl (C=O) groups is 7. The highest BCUT2D eigenvalue weighted by Crippen LogP contribution is 2.35. The third kappa shape index (κ3) is 14.8. The number of para-hydroxylation sites is 1. The number of anilines is 2. The molecule has 3 aromatic heterocycles. The molecule has 458 valence electrons. The summed E-state index contributed by atoms with van der Waals surface area (Å²) >= 11 is 2.83. The summed E-state index contributed by atoms with van der Waals surface area (Å²) in [5.41, 5.74) is 5.46. The Kier molecular flexibility index (Phi) is 20.4. The molecule has 7 heterocycles. The molecule has 4 aliphatic heterocycles. The van der Waals surface area contributed by atoms with Crippen LogP contribution in [0.5, 0.6) is 5.75 Å². The maximum absolute atomic E-state index is 15.2. The number of nitrogens with zero attached hydrogens (tertiary/aromatic N) is 9. The third-order valence-electron chi connectivity index (χ3n) is 15.4. The van der Waals surface area contributed by atoms with Crippen molar-refractivity contribution in [3.8, 4) is 17.6 Å². The number of halogens is 1. The molecular weight excluding hydrogens is 1170 g/mol. The molecule has 1 unspecified atom stereocenters. The molecule has 0 bridgehead atoms. The predicted molar refractivity (Wildman–Crippen MR) is 326 cm³/mol. The second-order valence-electron chi connectivity index (χ2n) is 21.3. The van der Waals surface area contributed by atoms with E-state index in [1.54, 1.807) is 35.1 Å². The van der Waals surface area contributed by atoms with E-state index < -0.39 is 41.5 Å². The van der Waals surface area contributed by atoms with Crippen molar-refractivity contribution in [2.45, 2.75) is 84.5 Å². The van der Waals surface area contributed by atoms with Gasteiger partial charge in [-0.3, -0.25) is 48.6 Å². The van der Waals surface area contributed by atoms with Crippen LogP contribution in [-0.2, 0) is 62.8 Å². The number of imide groups is 2. The minimum atomic E-state index is -1.13. The lowest BCUT2D eigenvalue weighted by Gasteiger charge is -2.33. The molecule has 7 aromatic rings. The minimum absolute atomic E-state index is 0. The lowest BCUT2D eigenvalue weighted by atomic mass is 9.92. The Morgan fingerprint density at radius 1 is 0.864 bits per heavy atom. The standard InChI is InChI=1S/C62H62FN11O11S2.CH4/c63-45-34-39(17-19-50(45)85-30-7-15-52-57(61(81)82)67-62(87-52)72-25-21-40-9-3-10-42(44(40)37-72)49(75)35-54-65-46-12-1-2-14-51(46)86-54)8-5-23-70-26-28-71(29-27-70)55(77)16-6-24-73-36-41(68-69-73)38-84-33-32-83-31-22-64-47-13-4-11-43-56(47)60(80)74(59(43)79)48-18-20-53(76)66-58(48)78;/h1-4,9-14,17,19,34,36,48,64H,6-7,15-16,18,20-33,35,37-38H2,(H,81,82)(H,66,76,78);1H4. The van der Waals surface area contributed by atoms with Gasteiger partial charge in [-0.1, -0.05) is 60.9 Å². The number of carboxylic acids is 1. The first-order valence-electron chi connectivity index (χ1n) is 28.8. The molecule has 3 N–H and O–H groups in total. The summed E-state index contributed by atoms with van der Waals surface area (Å²) in [5, 5.41) is 25.1. The highest BCUT2D eigenvalue weighted by molar-refractivity contribution is 7.18. The summed E-state index contributed by atoms with van der Waals surface area (Å²) in [7, 11) is 0. The monoisotopic (exact) mass is 1240 g/mol. The van der Waals surface area contributed by atoms with Crippen molar-refractivity contribution in [1.82, 2.24) is 45.0 Å². The Hall–Kier alpha value is -8.80. The summed E-state index contributed by atoms with van der Waals surface area (Å²) in [5.74, 6) is 2.36. The van der Waals surface area contributed by atoms with Crippen LogP contribution in [0.3, 0.4) is 0 Å². The fraction of sp³-hybridized carbons (Fsp3) is 0.381. The molecule has 0 saturated carbocycles. The number of ether oxygens (including phenoxy) is 3. The average Bonchev–Trinajstić information content (AvgIpc) is 1.69. The van der Waals surface area contributed by atoms with Crippen LogP contribution in [-0.4, -0.2) is 164 Å². The normalized spacial score (nSPS) is 15.8. The van der Waals surface area contributed by atoms with Gasteiger partial charge in [0.05, 0.1) is 73.5 Å². The molecule has 25 heteroatoms. The van der Waals surface area contributed by atoms with Gasteiger partial charge in [-0.25, -0.2) is 19.2 Å². The van der Waals surface area contributed by atoms with E-state index in [2.05, 4.69) is 47.7 Å². The first-order chi connectivity index (χ1) is 42.3. The van der Waals surface area contributed by atoms with Crippen molar-refractivity contribution in [2.24, 2.45) is 0 Å². The Morgan fingerprint density at radius 2 is 1.69 bits per heavy atom. The number of carbonyl (C=O) groups excluding carboxylic acids is 6. The van der Waals surface area contributed by atoms with Gasteiger partial charge in [-0.05, 0) is 85.7 Å². The van der Waals surface area contributed by atoms with E-state index in [1.165, 1.54) is 34.8 Å². The van der Waals surface area contributed by atoms with Gasteiger partial charge in [-0.15, -0.1) is 27.8 Å². The van der Waals surface area contributed by atoms with E-state index in [9.17, 15) is 38.7 Å². The number of piperidine rings is 1. The van der Waals surface area contributed by atoms with Gasteiger partial charge >= 0.3 is 5.97 Å². The van der Waals surface area contributed by atoms with Crippen molar-refractivity contribution in [3.63, 3.8) is 0 Å². The van der Waals surface area contributed by atoms with Gasteiger partial charge in [0.2, 0.25) is 17.7 Å². The van der Waals surface area contributed by atoms with E-state index in [0.717, 1.165) is 31.3 Å². The number of amides is 5. The molecule has 4 aromatic carbocycles. The van der Waals surface area contributed by atoms with Crippen molar-refractivity contribution in [3.05, 3.63) is 146 Å². The number of aromatic carboxylic acids is 1. The lowest BCUT2D eigenvalue weighted by molar-refractivity contribution is -0.136. The molecule has 4 aliphatic rings. The van der Waals surface area contributed by atoms with Crippen LogP contribution in [0.1, 0.15) is 113 Å². The predicted octanol–water partition coefficient (Wildman–Crippen LogP) is 6.84. The smallest absolute Gasteiger partial charge is 0.355 e. The van der Waals surface area contributed by atoms with Crippen LogP contribution < -0.4 is 20.3 Å². The topological polar surface area (TPSA) is 261 Å². The molecule has 0 spiro atoms. The number of fused-ring (bicyclic) bond motifs is 3. The molecule has 2 fully saturated rings. The van der Waals surface area contributed by atoms with E-state index in [1.807, 2.05) is 52.3 Å². The summed E-state index contributed by atoms with van der Waals surface area (Å²) in [4.78, 5) is 106. The van der Waals surface area contributed by atoms with E-state index in [-0.39, 0.29) is 80.8 Å². The highest BCUT2D eigenvalue weighted by atomic mass is 32.1. The Labute approximate surface area is 515 Å². The highest BCUT2D eigenvalue weighted by Gasteiger charge is 2.45. The maximum atomic E-state index is 15.2. The van der Waals surface area contributed by atoms with Gasteiger partial charge in [0.1, 0.15) is 16.7 Å². The molecule has 5 amide bonds.